The summed E-state index contributed by atoms with van der Waals surface area (Å²) in [5, 5.41) is 4.65. The Hall–Kier alpha value is -0.760. The molecule has 2 rings (SSSR count). The lowest BCUT2D eigenvalue weighted by Gasteiger charge is -2.25. The van der Waals surface area contributed by atoms with Crippen LogP contribution in [0.2, 0.25) is 0 Å². The van der Waals surface area contributed by atoms with E-state index >= 15 is 0 Å². The monoisotopic (exact) mass is 309 g/mol. The molecule has 0 amide bonds. The van der Waals surface area contributed by atoms with Crippen LogP contribution in [0.15, 0.2) is 24.3 Å². The van der Waals surface area contributed by atoms with Crippen molar-refractivity contribution in [2.75, 3.05) is 19.8 Å². The third-order valence-corrected chi connectivity index (χ3v) is 4.05. The van der Waals surface area contributed by atoms with Crippen LogP contribution in [0.1, 0.15) is 45.1 Å². The number of hydrogen-bond acceptors (Lipinski definition) is 3. The molecule has 1 aromatic carbocycles. The molecule has 2 atom stereocenters. The van der Waals surface area contributed by atoms with Gasteiger partial charge in [0.05, 0.1) is 5.92 Å². The van der Waals surface area contributed by atoms with Gasteiger partial charge in [-0.25, -0.2) is 0 Å². The van der Waals surface area contributed by atoms with Gasteiger partial charge >= 0.3 is 0 Å². The van der Waals surface area contributed by atoms with E-state index in [1.54, 1.807) is 6.92 Å². The molecule has 0 radical (unpaired) electrons. The summed E-state index contributed by atoms with van der Waals surface area (Å²) in [5.74, 6) is 0.171. The number of carbonyl (C=O) groups excluding carboxylic acids is 1. The summed E-state index contributed by atoms with van der Waals surface area (Å²) in [7, 11) is 2.67. The molecule has 118 valence electrons. The highest BCUT2D eigenvalue weighted by molar-refractivity contribution is 7.27. The van der Waals surface area contributed by atoms with Crippen LogP contribution in [0.25, 0.3) is 0 Å². The third kappa shape index (κ3) is 6.25. The smallest absolute Gasteiger partial charge is 0.138 e. The molecule has 0 saturated carbocycles. The fraction of sp³-hybridized carbons (Fsp3) is 0.588. The lowest BCUT2D eigenvalue weighted by molar-refractivity contribution is -0.118. The Kier molecular flexibility index (Phi) is 8.75. The van der Waals surface area contributed by atoms with Gasteiger partial charge in [-0.05, 0) is 30.6 Å². The van der Waals surface area contributed by atoms with Crippen LogP contribution in [0.5, 0.6) is 0 Å². The third-order valence-electron chi connectivity index (χ3n) is 3.66. The number of Topliss-reactive ketones (excluding diaryl/α,β-unsaturated/α-hetero) is 1. The summed E-state index contributed by atoms with van der Waals surface area (Å²) in [4.78, 5) is 11.8. The maximum Gasteiger partial charge on any atom is 0.138 e. The van der Waals surface area contributed by atoms with Crippen molar-refractivity contribution in [3.8, 4) is 0 Å². The number of hydrogen-bond donors (Lipinski definition) is 1. The zero-order valence-electron chi connectivity index (χ0n) is 13.4. The Morgan fingerprint density at radius 1 is 1.29 bits per heavy atom. The zero-order chi connectivity index (χ0) is 15.7. The molecule has 1 N–H and O–H groups in total. The first-order chi connectivity index (χ1) is 10.2. The maximum atomic E-state index is 11.8. The molecule has 1 aromatic rings. The Bertz CT molecular complexity index is 413. The fourth-order valence-electron chi connectivity index (χ4n) is 2.41. The van der Waals surface area contributed by atoms with Gasteiger partial charge in [0.25, 0.3) is 0 Å². The van der Waals surface area contributed by atoms with Crippen LogP contribution in [0.3, 0.4) is 0 Å². The second-order valence-corrected chi connectivity index (χ2v) is 5.79. The molecular weight excluding hydrogens is 281 g/mol. The van der Waals surface area contributed by atoms with E-state index in [1.165, 1.54) is 0 Å². The molecule has 1 fully saturated rings. The summed E-state index contributed by atoms with van der Waals surface area (Å²) >= 11 is 0. The van der Waals surface area contributed by atoms with Crippen molar-refractivity contribution >= 4 is 20.3 Å². The number of ether oxygens (including phenoxy) is 1. The van der Waals surface area contributed by atoms with Crippen LogP contribution in [-0.2, 0) is 9.53 Å². The van der Waals surface area contributed by atoms with E-state index < -0.39 is 0 Å². The predicted octanol–water partition coefficient (Wildman–Crippen LogP) is 2.65. The van der Waals surface area contributed by atoms with Crippen molar-refractivity contribution < 1.29 is 9.53 Å². The molecule has 3 nitrogen and oxygen atoms in total. The topological polar surface area (TPSA) is 38.3 Å². The molecule has 0 bridgehead atoms. The van der Waals surface area contributed by atoms with Gasteiger partial charge < -0.3 is 10.1 Å². The van der Waals surface area contributed by atoms with Gasteiger partial charge in [0.15, 0.2) is 0 Å². The molecule has 0 aromatic heterocycles. The molecule has 1 aliphatic rings. The molecule has 1 aliphatic heterocycles. The molecular formula is C17H28NO2P. The van der Waals surface area contributed by atoms with E-state index in [9.17, 15) is 4.79 Å². The van der Waals surface area contributed by atoms with Crippen molar-refractivity contribution in [2.45, 2.75) is 45.6 Å². The van der Waals surface area contributed by atoms with Crippen molar-refractivity contribution in [2.24, 2.45) is 0 Å². The van der Waals surface area contributed by atoms with Crippen LogP contribution >= 0.6 is 9.24 Å². The Balaban J connectivity index is 0.00000106. The first kappa shape index (κ1) is 18.3. The second kappa shape index (κ2) is 10.0. The standard InChI is InChI=1S/C15H22NO2P.C2H6/c1-11(17)15(12-2-4-14(19)5-3-12)10-16-13-6-8-18-9-7-13;1-2/h2-5,13,15-16H,6-10,19H2,1H3;1-2H3. The highest BCUT2D eigenvalue weighted by Crippen LogP contribution is 2.17. The molecule has 0 spiro atoms. The predicted molar refractivity (Wildman–Crippen MR) is 92.4 cm³/mol. The SMILES string of the molecule is CC.CC(=O)C(CNC1CCOCC1)c1ccc(P)cc1. The number of benzene rings is 1. The minimum Gasteiger partial charge on any atom is -0.381 e. The van der Waals surface area contributed by atoms with Gasteiger partial charge in [-0.2, -0.15) is 0 Å². The van der Waals surface area contributed by atoms with Gasteiger partial charge in [0, 0.05) is 25.8 Å². The van der Waals surface area contributed by atoms with Gasteiger partial charge in [-0.3, -0.25) is 4.79 Å². The largest absolute Gasteiger partial charge is 0.381 e. The highest BCUT2D eigenvalue weighted by atomic mass is 31.0. The van der Waals surface area contributed by atoms with E-state index in [0.717, 1.165) is 43.5 Å². The number of carbonyl (C=O) groups is 1. The van der Waals surface area contributed by atoms with Crippen molar-refractivity contribution in [1.29, 1.82) is 0 Å². The van der Waals surface area contributed by atoms with E-state index in [2.05, 4.69) is 14.6 Å². The van der Waals surface area contributed by atoms with E-state index in [0.29, 0.717) is 6.04 Å². The van der Waals surface area contributed by atoms with Crippen molar-refractivity contribution in [3.05, 3.63) is 29.8 Å². The van der Waals surface area contributed by atoms with Gasteiger partial charge in [0.1, 0.15) is 5.78 Å². The minimum atomic E-state index is -0.0477. The Morgan fingerprint density at radius 3 is 2.38 bits per heavy atom. The van der Waals surface area contributed by atoms with Gasteiger partial charge in [-0.15, -0.1) is 9.24 Å². The lowest BCUT2D eigenvalue weighted by Crippen LogP contribution is -2.38. The summed E-state index contributed by atoms with van der Waals surface area (Å²) in [6.07, 6.45) is 2.07. The summed E-state index contributed by atoms with van der Waals surface area (Å²) in [6, 6.07) is 8.63. The molecule has 21 heavy (non-hydrogen) atoms. The zero-order valence-corrected chi connectivity index (χ0v) is 14.5. The van der Waals surface area contributed by atoms with E-state index in [-0.39, 0.29) is 11.7 Å². The van der Waals surface area contributed by atoms with E-state index in [1.807, 2.05) is 38.1 Å². The normalized spacial score (nSPS) is 16.8. The second-order valence-electron chi connectivity index (χ2n) is 5.12. The van der Waals surface area contributed by atoms with Crippen LogP contribution in [-0.4, -0.2) is 31.6 Å². The Labute approximate surface area is 131 Å². The van der Waals surface area contributed by atoms with Crippen LogP contribution in [0.4, 0.5) is 0 Å². The average Bonchev–Trinajstić information content (AvgIpc) is 2.52. The number of rotatable bonds is 5. The van der Waals surface area contributed by atoms with Gasteiger partial charge in [-0.1, -0.05) is 38.1 Å². The summed E-state index contributed by atoms with van der Waals surface area (Å²) < 4.78 is 5.34. The first-order valence-corrected chi connectivity index (χ1v) is 8.41. The number of nitrogens with one attached hydrogen (secondary N) is 1. The van der Waals surface area contributed by atoms with E-state index in [4.69, 9.17) is 4.74 Å². The summed E-state index contributed by atoms with van der Waals surface area (Å²) in [5.41, 5.74) is 1.10. The molecule has 0 aliphatic carbocycles. The van der Waals surface area contributed by atoms with Crippen molar-refractivity contribution in [1.82, 2.24) is 5.32 Å². The molecule has 1 saturated heterocycles. The Morgan fingerprint density at radius 2 is 1.86 bits per heavy atom. The maximum absolute atomic E-state index is 11.8. The molecule has 2 unspecified atom stereocenters. The first-order valence-electron chi connectivity index (χ1n) is 7.84. The van der Waals surface area contributed by atoms with Gasteiger partial charge in [0.2, 0.25) is 0 Å². The molecule has 1 heterocycles. The average molecular weight is 309 g/mol. The highest BCUT2D eigenvalue weighted by Gasteiger charge is 2.19. The quantitative estimate of drug-likeness (QED) is 0.850. The van der Waals surface area contributed by atoms with Crippen molar-refractivity contribution in [3.63, 3.8) is 0 Å². The molecule has 4 heteroatoms. The fourth-order valence-corrected chi connectivity index (χ4v) is 2.60. The minimum absolute atomic E-state index is 0.0477. The number of ketones is 1. The summed E-state index contributed by atoms with van der Waals surface area (Å²) in [6.45, 7) is 8.04. The van der Waals surface area contributed by atoms with Crippen LogP contribution < -0.4 is 10.6 Å². The lowest BCUT2D eigenvalue weighted by atomic mass is 9.94. The van der Waals surface area contributed by atoms with Crippen LogP contribution in [0, 0.1) is 0 Å².